The predicted octanol–water partition coefficient (Wildman–Crippen LogP) is 1.74. The molecule has 2 heterocycles. The zero-order valence-corrected chi connectivity index (χ0v) is 11.2. The van der Waals surface area contributed by atoms with Crippen LogP contribution in [0.25, 0.3) is 0 Å². The minimum atomic E-state index is -3.48. The molecule has 1 aromatic heterocycles. The Morgan fingerprint density at radius 3 is 2.84 bits per heavy atom. The lowest BCUT2D eigenvalue weighted by Gasteiger charge is -2.30. The minimum Gasteiger partial charge on any atom is -0.399 e. The fourth-order valence-corrected chi connectivity index (χ4v) is 3.95. The Morgan fingerprint density at radius 2 is 2.11 bits per heavy atom. The topological polar surface area (TPSA) is 79.2 Å². The summed E-state index contributed by atoms with van der Waals surface area (Å²) in [5, 5.41) is 0. The van der Waals surface area contributed by atoms with E-state index in [1.54, 1.807) is 24.4 Å². The standard InChI is InChI=1S/C13H15N3O2S/c14-11-3-4-13-10(8-11)2-1-7-16(13)19(17,18)12-5-6-15-9-12/h3-6,8-9,15H,1-2,7,14H2. The normalized spacial score (nSPS) is 15.3. The van der Waals surface area contributed by atoms with Crippen molar-refractivity contribution in [2.75, 3.05) is 16.6 Å². The molecule has 0 aliphatic carbocycles. The van der Waals surface area contributed by atoms with Gasteiger partial charge in [0.25, 0.3) is 10.0 Å². The molecule has 0 fully saturated rings. The first-order valence-electron chi connectivity index (χ1n) is 6.13. The Kier molecular flexibility index (Phi) is 2.74. The summed E-state index contributed by atoms with van der Waals surface area (Å²) < 4.78 is 26.6. The number of anilines is 2. The maximum Gasteiger partial charge on any atom is 0.265 e. The van der Waals surface area contributed by atoms with Crippen molar-refractivity contribution < 1.29 is 8.42 Å². The molecule has 0 saturated carbocycles. The van der Waals surface area contributed by atoms with Gasteiger partial charge in [-0.15, -0.1) is 0 Å². The van der Waals surface area contributed by atoms with E-state index in [2.05, 4.69) is 4.98 Å². The van der Waals surface area contributed by atoms with E-state index in [9.17, 15) is 8.42 Å². The van der Waals surface area contributed by atoms with Crippen molar-refractivity contribution in [1.29, 1.82) is 0 Å². The largest absolute Gasteiger partial charge is 0.399 e. The highest BCUT2D eigenvalue weighted by Gasteiger charge is 2.29. The number of nitrogens with zero attached hydrogens (tertiary/aromatic N) is 1. The summed E-state index contributed by atoms with van der Waals surface area (Å²) in [5.74, 6) is 0. The molecule has 3 N–H and O–H groups in total. The summed E-state index contributed by atoms with van der Waals surface area (Å²) in [7, 11) is -3.48. The van der Waals surface area contributed by atoms with Crippen molar-refractivity contribution in [2.45, 2.75) is 17.7 Å². The van der Waals surface area contributed by atoms with Crippen LogP contribution >= 0.6 is 0 Å². The Labute approximate surface area is 112 Å². The van der Waals surface area contributed by atoms with Crippen LogP contribution in [0.1, 0.15) is 12.0 Å². The number of rotatable bonds is 2. The van der Waals surface area contributed by atoms with Crippen LogP contribution in [-0.2, 0) is 16.4 Å². The third-order valence-corrected chi connectivity index (χ3v) is 5.15. The highest BCUT2D eigenvalue weighted by Crippen LogP contribution is 2.32. The second-order valence-corrected chi connectivity index (χ2v) is 6.48. The lowest BCUT2D eigenvalue weighted by molar-refractivity contribution is 0.587. The summed E-state index contributed by atoms with van der Waals surface area (Å²) >= 11 is 0. The molecule has 0 amide bonds. The fourth-order valence-electron chi connectivity index (χ4n) is 2.43. The van der Waals surface area contributed by atoms with E-state index in [1.807, 2.05) is 6.07 Å². The van der Waals surface area contributed by atoms with Crippen LogP contribution in [0.5, 0.6) is 0 Å². The summed E-state index contributed by atoms with van der Waals surface area (Å²) in [4.78, 5) is 3.07. The van der Waals surface area contributed by atoms with E-state index in [4.69, 9.17) is 5.73 Å². The summed E-state index contributed by atoms with van der Waals surface area (Å²) in [6.07, 6.45) is 4.78. The van der Waals surface area contributed by atoms with Gasteiger partial charge in [-0.25, -0.2) is 8.42 Å². The average molecular weight is 277 g/mol. The molecule has 0 unspecified atom stereocenters. The van der Waals surface area contributed by atoms with Crippen molar-refractivity contribution in [3.05, 3.63) is 42.2 Å². The third kappa shape index (κ3) is 1.98. The smallest absolute Gasteiger partial charge is 0.265 e. The van der Waals surface area contributed by atoms with Crippen LogP contribution in [0.2, 0.25) is 0 Å². The summed E-state index contributed by atoms with van der Waals surface area (Å²) in [5.41, 5.74) is 8.15. The van der Waals surface area contributed by atoms with Gasteiger partial charge in [0.1, 0.15) is 4.90 Å². The fraction of sp³-hybridized carbons (Fsp3) is 0.231. The minimum absolute atomic E-state index is 0.289. The number of hydrogen-bond donors (Lipinski definition) is 2. The third-order valence-electron chi connectivity index (χ3n) is 3.34. The number of nitrogens with one attached hydrogen (secondary N) is 1. The number of H-pyrrole nitrogens is 1. The first-order valence-corrected chi connectivity index (χ1v) is 7.57. The van der Waals surface area contributed by atoms with Crippen LogP contribution < -0.4 is 10.0 Å². The molecule has 6 heteroatoms. The average Bonchev–Trinajstić information content (AvgIpc) is 2.92. The second kappa shape index (κ2) is 4.31. The first-order chi connectivity index (χ1) is 9.09. The van der Waals surface area contributed by atoms with Gasteiger partial charge < -0.3 is 10.7 Å². The summed E-state index contributed by atoms with van der Waals surface area (Å²) in [6, 6.07) is 6.95. The maximum atomic E-state index is 12.6. The zero-order chi connectivity index (χ0) is 13.5. The van der Waals surface area contributed by atoms with E-state index in [1.165, 1.54) is 10.5 Å². The molecule has 2 aromatic rings. The van der Waals surface area contributed by atoms with Crippen molar-refractivity contribution >= 4 is 21.4 Å². The van der Waals surface area contributed by atoms with Gasteiger partial charge in [-0.3, -0.25) is 4.31 Å². The summed E-state index contributed by atoms with van der Waals surface area (Å²) in [6.45, 7) is 0.504. The van der Waals surface area contributed by atoms with Gasteiger partial charge in [0.15, 0.2) is 0 Å². The van der Waals surface area contributed by atoms with E-state index >= 15 is 0 Å². The Morgan fingerprint density at radius 1 is 1.26 bits per heavy atom. The van der Waals surface area contributed by atoms with Crippen LogP contribution in [0.3, 0.4) is 0 Å². The molecule has 100 valence electrons. The number of nitrogens with two attached hydrogens (primary N) is 1. The molecule has 5 nitrogen and oxygen atoms in total. The van der Waals surface area contributed by atoms with Crippen LogP contribution in [-0.4, -0.2) is 19.9 Å². The first kappa shape index (κ1) is 12.1. The van der Waals surface area contributed by atoms with Crippen molar-refractivity contribution in [2.24, 2.45) is 0 Å². The molecule has 19 heavy (non-hydrogen) atoms. The monoisotopic (exact) mass is 277 g/mol. The number of benzene rings is 1. The van der Waals surface area contributed by atoms with Gasteiger partial charge >= 0.3 is 0 Å². The van der Waals surface area contributed by atoms with Crippen molar-refractivity contribution in [3.63, 3.8) is 0 Å². The van der Waals surface area contributed by atoms with Gasteiger partial charge in [0.2, 0.25) is 0 Å². The molecule has 0 atom stereocenters. The highest BCUT2D eigenvalue weighted by molar-refractivity contribution is 7.92. The SMILES string of the molecule is Nc1ccc2c(c1)CCCN2S(=O)(=O)c1cc[nH]c1. The molecule has 0 bridgehead atoms. The number of hydrogen-bond acceptors (Lipinski definition) is 3. The highest BCUT2D eigenvalue weighted by atomic mass is 32.2. The number of fused-ring (bicyclic) bond motifs is 1. The van der Waals surface area contributed by atoms with Crippen LogP contribution in [0.4, 0.5) is 11.4 Å². The van der Waals surface area contributed by atoms with Gasteiger partial charge in [0, 0.05) is 24.6 Å². The number of aromatic nitrogens is 1. The van der Waals surface area contributed by atoms with Crippen molar-refractivity contribution in [3.8, 4) is 0 Å². The Balaban J connectivity index is 2.10. The number of sulfonamides is 1. The Bertz CT molecular complexity index is 693. The molecule has 1 aliphatic rings. The zero-order valence-electron chi connectivity index (χ0n) is 10.3. The van der Waals surface area contributed by atoms with E-state index in [0.29, 0.717) is 12.2 Å². The van der Waals surface area contributed by atoms with Gasteiger partial charge in [-0.1, -0.05) is 0 Å². The molecule has 1 aliphatic heterocycles. The maximum absolute atomic E-state index is 12.6. The number of nitrogen functional groups attached to an aromatic ring is 1. The Hall–Kier alpha value is -1.95. The second-order valence-electron chi connectivity index (χ2n) is 4.62. The molecule has 0 spiro atoms. The van der Waals surface area contributed by atoms with Gasteiger partial charge in [-0.05, 0) is 42.7 Å². The van der Waals surface area contributed by atoms with E-state index < -0.39 is 10.0 Å². The molecule has 0 saturated heterocycles. The van der Waals surface area contributed by atoms with Gasteiger partial charge in [-0.2, -0.15) is 0 Å². The molecule has 0 radical (unpaired) electrons. The van der Waals surface area contributed by atoms with Crippen LogP contribution in [0.15, 0.2) is 41.6 Å². The lowest BCUT2D eigenvalue weighted by Crippen LogP contribution is -2.35. The van der Waals surface area contributed by atoms with Gasteiger partial charge in [0.05, 0.1) is 5.69 Å². The molecular weight excluding hydrogens is 262 g/mol. The predicted molar refractivity (Wildman–Crippen MR) is 74.5 cm³/mol. The molecule has 3 rings (SSSR count). The van der Waals surface area contributed by atoms with Crippen LogP contribution in [0, 0.1) is 0 Å². The molecule has 1 aromatic carbocycles. The lowest BCUT2D eigenvalue weighted by atomic mass is 10.0. The quantitative estimate of drug-likeness (QED) is 0.821. The number of aromatic amines is 1. The van der Waals surface area contributed by atoms with E-state index in [-0.39, 0.29) is 4.90 Å². The van der Waals surface area contributed by atoms with E-state index in [0.717, 1.165) is 24.1 Å². The van der Waals surface area contributed by atoms with Crippen molar-refractivity contribution in [1.82, 2.24) is 4.98 Å². The number of aryl methyl sites for hydroxylation is 1. The molecular formula is C13H15N3O2S.